The van der Waals surface area contributed by atoms with Crippen LogP contribution in [0.25, 0.3) is 0 Å². The van der Waals surface area contributed by atoms with Crippen LogP contribution in [0.5, 0.6) is 5.75 Å². The summed E-state index contributed by atoms with van der Waals surface area (Å²) in [5.41, 5.74) is 5.29. The third-order valence-corrected chi connectivity index (χ3v) is 3.64. The number of nitrogens with one attached hydrogen (secondary N) is 1. The maximum atomic E-state index is 13.3. The fourth-order valence-electron chi connectivity index (χ4n) is 2.43. The molecule has 2 rings (SSSR count). The molecule has 1 saturated heterocycles. The molecule has 19 heavy (non-hydrogen) atoms. The number of carbonyl (C=O) groups is 1. The zero-order valence-corrected chi connectivity index (χ0v) is 10.9. The van der Waals surface area contributed by atoms with E-state index in [9.17, 15) is 9.18 Å². The van der Waals surface area contributed by atoms with Crippen LogP contribution >= 0.6 is 0 Å². The van der Waals surface area contributed by atoms with Gasteiger partial charge >= 0.3 is 0 Å². The fraction of sp³-hybridized carbons (Fsp3) is 0.500. The van der Waals surface area contributed by atoms with E-state index in [4.69, 9.17) is 10.5 Å². The number of nitrogens with two attached hydrogens (primary N) is 1. The average Bonchev–Trinajstić information content (AvgIpc) is 2.41. The third kappa shape index (κ3) is 3.92. The Balaban J connectivity index is 1.70. The number of halogens is 1. The highest BCUT2D eigenvalue weighted by Crippen LogP contribution is 2.14. The van der Waals surface area contributed by atoms with Crippen molar-refractivity contribution in [1.82, 2.24) is 0 Å². The lowest BCUT2D eigenvalue weighted by molar-refractivity contribution is -0.905. The van der Waals surface area contributed by atoms with Crippen molar-refractivity contribution in [3.8, 4) is 5.75 Å². The van der Waals surface area contributed by atoms with Crippen molar-refractivity contribution in [3.05, 3.63) is 30.1 Å². The molecular formula is C14H20FN2O2+. The van der Waals surface area contributed by atoms with Crippen molar-refractivity contribution in [2.45, 2.75) is 12.8 Å². The van der Waals surface area contributed by atoms with Gasteiger partial charge in [0, 0.05) is 18.8 Å². The minimum absolute atomic E-state index is 0.0243. The molecule has 1 heterocycles. The van der Waals surface area contributed by atoms with E-state index in [0.717, 1.165) is 32.5 Å². The first-order valence-corrected chi connectivity index (χ1v) is 6.67. The van der Waals surface area contributed by atoms with E-state index in [-0.39, 0.29) is 17.6 Å². The van der Waals surface area contributed by atoms with E-state index in [1.807, 2.05) is 0 Å². The van der Waals surface area contributed by atoms with Gasteiger partial charge in [0.15, 0.2) is 11.6 Å². The van der Waals surface area contributed by atoms with Crippen molar-refractivity contribution in [2.75, 3.05) is 26.2 Å². The summed E-state index contributed by atoms with van der Waals surface area (Å²) in [6.45, 7) is 3.15. The van der Waals surface area contributed by atoms with Crippen LogP contribution in [0.4, 0.5) is 4.39 Å². The van der Waals surface area contributed by atoms with Gasteiger partial charge in [-0.2, -0.15) is 0 Å². The summed E-state index contributed by atoms with van der Waals surface area (Å²) in [5.74, 6) is -0.197. The summed E-state index contributed by atoms with van der Waals surface area (Å²) in [6.07, 6.45) is 1.68. The minimum Gasteiger partial charge on any atom is -0.485 e. The first-order chi connectivity index (χ1) is 9.16. The highest BCUT2D eigenvalue weighted by Gasteiger charge is 2.25. The number of benzene rings is 1. The number of hydrogen-bond donors (Lipinski definition) is 2. The number of hydrogen-bond acceptors (Lipinski definition) is 2. The van der Waals surface area contributed by atoms with Crippen molar-refractivity contribution >= 4 is 5.91 Å². The van der Waals surface area contributed by atoms with Gasteiger partial charge in [-0.05, 0) is 12.1 Å². The molecule has 5 heteroatoms. The Morgan fingerprint density at radius 3 is 2.68 bits per heavy atom. The van der Waals surface area contributed by atoms with Crippen molar-refractivity contribution in [3.63, 3.8) is 0 Å². The van der Waals surface area contributed by atoms with Gasteiger partial charge in [0.1, 0.15) is 13.2 Å². The molecule has 1 aliphatic rings. The van der Waals surface area contributed by atoms with Crippen LogP contribution in [-0.2, 0) is 4.79 Å². The lowest BCUT2D eigenvalue weighted by Gasteiger charge is -2.27. The number of amides is 1. The summed E-state index contributed by atoms with van der Waals surface area (Å²) in [5, 5.41) is 0. The summed E-state index contributed by atoms with van der Waals surface area (Å²) >= 11 is 0. The second-order valence-corrected chi connectivity index (χ2v) is 4.96. The number of carbonyl (C=O) groups excluding carboxylic acids is 1. The largest absolute Gasteiger partial charge is 0.485 e. The number of ether oxygens (including phenoxy) is 1. The third-order valence-electron chi connectivity index (χ3n) is 3.64. The molecule has 0 saturated carbocycles. The maximum absolute atomic E-state index is 13.3. The number of piperidine rings is 1. The molecule has 1 aromatic carbocycles. The Bertz CT molecular complexity index is 431. The normalized spacial score (nSPS) is 23.0. The molecule has 1 aliphatic heterocycles. The van der Waals surface area contributed by atoms with Crippen LogP contribution in [0.1, 0.15) is 12.8 Å². The highest BCUT2D eigenvalue weighted by atomic mass is 19.1. The average molecular weight is 267 g/mol. The van der Waals surface area contributed by atoms with Gasteiger partial charge in [-0.3, -0.25) is 4.79 Å². The zero-order chi connectivity index (χ0) is 13.7. The molecule has 4 nitrogen and oxygen atoms in total. The summed E-state index contributed by atoms with van der Waals surface area (Å²) in [7, 11) is 0. The molecule has 0 bridgehead atoms. The van der Waals surface area contributed by atoms with Gasteiger partial charge in [0.05, 0.1) is 13.1 Å². The predicted octanol–water partition coefficient (Wildman–Crippen LogP) is -0.0153. The monoisotopic (exact) mass is 267 g/mol. The van der Waals surface area contributed by atoms with E-state index in [1.54, 1.807) is 18.2 Å². The molecule has 0 atom stereocenters. The van der Waals surface area contributed by atoms with E-state index in [2.05, 4.69) is 0 Å². The number of quaternary nitrogens is 1. The molecule has 1 fully saturated rings. The molecule has 0 spiro atoms. The predicted molar refractivity (Wildman–Crippen MR) is 69.4 cm³/mol. The van der Waals surface area contributed by atoms with Gasteiger partial charge < -0.3 is 15.4 Å². The first kappa shape index (κ1) is 13.8. The van der Waals surface area contributed by atoms with E-state index >= 15 is 0 Å². The summed E-state index contributed by atoms with van der Waals surface area (Å²) in [4.78, 5) is 12.4. The SMILES string of the molecule is NC(=O)C1CC[NH+](CCOc2ccccc2F)CC1. The van der Waals surface area contributed by atoms with E-state index < -0.39 is 0 Å². The Hall–Kier alpha value is -1.62. The second kappa shape index (κ2) is 6.52. The quantitative estimate of drug-likeness (QED) is 0.788. The molecule has 104 valence electrons. The molecular weight excluding hydrogens is 247 g/mol. The Morgan fingerprint density at radius 2 is 2.05 bits per heavy atom. The van der Waals surface area contributed by atoms with Crippen LogP contribution in [0.3, 0.4) is 0 Å². The smallest absolute Gasteiger partial charge is 0.220 e. The van der Waals surface area contributed by atoms with Gasteiger partial charge in [0.2, 0.25) is 5.91 Å². The maximum Gasteiger partial charge on any atom is 0.220 e. The standard InChI is InChI=1S/C14H19FN2O2/c15-12-3-1-2-4-13(12)19-10-9-17-7-5-11(6-8-17)14(16)18/h1-4,11H,5-10H2,(H2,16,18)/p+1. The molecule has 0 aliphatic carbocycles. The number of para-hydroxylation sites is 1. The van der Waals surface area contributed by atoms with Crippen LogP contribution < -0.4 is 15.4 Å². The Morgan fingerprint density at radius 1 is 1.37 bits per heavy atom. The molecule has 0 unspecified atom stereocenters. The number of rotatable bonds is 5. The van der Waals surface area contributed by atoms with Crippen LogP contribution in [0, 0.1) is 11.7 Å². The Kier molecular flexibility index (Phi) is 4.74. The second-order valence-electron chi connectivity index (χ2n) is 4.96. The van der Waals surface area contributed by atoms with Crippen molar-refractivity contribution in [2.24, 2.45) is 11.7 Å². The van der Waals surface area contributed by atoms with E-state index in [1.165, 1.54) is 11.0 Å². The minimum atomic E-state index is -0.329. The molecule has 3 N–H and O–H groups in total. The van der Waals surface area contributed by atoms with Gasteiger partial charge in [0.25, 0.3) is 0 Å². The van der Waals surface area contributed by atoms with E-state index in [0.29, 0.717) is 12.4 Å². The lowest BCUT2D eigenvalue weighted by atomic mass is 9.96. The van der Waals surface area contributed by atoms with Gasteiger partial charge in [-0.1, -0.05) is 12.1 Å². The highest BCUT2D eigenvalue weighted by molar-refractivity contribution is 5.76. The molecule has 0 aromatic heterocycles. The topological polar surface area (TPSA) is 56.8 Å². The number of primary amides is 1. The van der Waals surface area contributed by atoms with Gasteiger partial charge in [-0.15, -0.1) is 0 Å². The fourth-order valence-corrected chi connectivity index (χ4v) is 2.43. The van der Waals surface area contributed by atoms with Crippen LogP contribution in [0.2, 0.25) is 0 Å². The summed E-state index contributed by atoms with van der Waals surface area (Å²) < 4.78 is 18.7. The van der Waals surface area contributed by atoms with Crippen molar-refractivity contribution in [1.29, 1.82) is 0 Å². The number of likely N-dealkylation sites (tertiary alicyclic amines) is 1. The molecule has 1 amide bonds. The summed E-state index contributed by atoms with van der Waals surface area (Å²) in [6, 6.07) is 6.41. The Labute approximate surface area is 112 Å². The molecule has 1 aromatic rings. The molecule has 0 radical (unpaired) electrons. The lowest BCUT2D eigenvalue weighted by Crippen LogP contribution is -3.13. The van der Waals surface area contributed by atoms with Crippen LogP contribution in [-0.4, -0.2) is 32.1 Å². The van der Waals surface area contributed by atoms with Crippen molar-refractivity contribution < 1.29 is 18.8 Å². The van der Waals surface area contributed by atoms with Gasteiger partial charge in [-0.25, -0.2) is 4.39 Å². The van der Waals surface area contributed by atoms with Crippen LogP contribution in [0.15, 0.2) is 24.3 Å². The first-order valence-electron chi connectivity index (χ1n) is 6.67. The zero-order valence-electron chi connectivity index (χ0n) is 10.9.